The molecule has 0 radical (unpaired) electrons. The molecule has 172 valence electrons. The minimum absolute atomic E-state index is 0.0896. The quantitative estimate of drug-likeness (QED) is 0.779. The van der Waals surface area contributed by atoms with E-state index in [1.54, 1.807) is 4.68 Å². The summed E-state index contributed by atoms with van der Waals surface area (Å²) in [6.45, 7) is 6.84. The summed E-state index contributed by atoms with van der Waals surface area (Å²) in [5, 5.41) is 7.61. The van der Waals surface area contributed by atoms with Crippen LogP contribution in [0.2, 0.25) is 0 Å². The number of piperidine rings is 1. The molecule has 2 aliphatic rings. The van der Waals surface area contributed by atoms with Gasteiger partial charge in [-0.2, -0.15) is 5.10 Å². The van der Waals surface area contributed by atoms with E-state index in [2.05, 4.69) is 10.4 Å². The number of likely N-dealkylation sites (tertiary alicyclic amines) is 1. The number of carbonyl (C=O) groups excluding carboxylic acids is 2. The molecular weight excluding hydrogens is 404 g/mol. The molecule has 1 atom stereocenters. The van der Waals surface area contributed by atoms with Crippen molar-refractivity contribution in [3.63, 3.8) is 0 Å². The van der Waals surface area contributed by atoms with Gasteiger partial charge in [-0.15, -0.1) is 0 Å². The van der Waals surface area contributed by atoms with Crippen molar-refractivity contribution < 1.29 is 14.3 Å². The minimum atomic E-state index is -0.105. The van der Waals surface area contributed by atoms with Crippen LogP contribution in [0.3, 0.4) is 0 Å². The van der Waals surface area contributed by atoms with Crippen LogP contribution >= 0.6 is 0 Å². The number of aryl methyl sites for hydroxylation is 2. The second-order valence-electron chi connectivity index (χ2n) is 9.34. The van der Waals surface area contributed by atoms with Crippen molar-refractivity contribution in [2.75, 3.05) is 26.2 Å². The van der Waals surface area contributed by atoms with E-state index in [9.17, 15) is 9.59 Å². The average Bonchev–Trinajstić information content (AvgIpc) is 3.10. The summed E-state index contributed by atoms with van der Waals surface area (Å²) in [7, 11) is 0. The van der Waals surface area contributed by atoms with E-state index in [1.165, 1.54) is 0 Å². The third-order valence-corrected chi connectivity index (χ3v) is 6.77. The number of rotatable bonds is 2. The van der Waals surface area contributed by atoms with E-state index in [4.69, 9.17) is 4.74 Å². The fourth-order valence-corrected chi connectivity index (χ4v) is 5.02. The highest BCUT2D eigenvalue weighted by Gasteiger charge is 2.37. The summed E-state index contributed by atoms with van der Waals surface area (Å²) in [6.07, 6.45) is 6.09. The van der Waals surface area contributed by atoms with Gasteiger partial charge in [0.1, 0.15) is 12.3 Å². The van der Waals surface area contributed by atoms with E-state index >= 15 is 0 Å². The molecule has 1 fully saturated rings. The summed E-state index contributed by atoms with van der Waals surface area (Å²) >= 11 is 0. The Hall–Kier alpha value is -2.83. The Morgan fingerprint density at radius 2 is 1.97 bits per heavy atom. The fraction of sp³-hybridized carbons (Fsp3) is 0.560. The Morgan fingerprint density at radius 1 is 1.16 bits per heavy atom. The monoisotopic (exact) mass is 438 g/mol. The number of hydrogen-bond donors (Lipinski definition) is 1. The number of ether oxygens (including phenoxy) is 1. The van der Waals surface area contributed by atoms with Crippen molar-refractivity contribution >= 4 is 11.8 Å². The van der Waals surface area contributed by atoms with Gasteiger partial charge in [0, 0.05) is 30.7 Å². The maximum absolute atomic E-state index is 13.1. The molecule has 32 heavy (non-hydrogen) atoms. The summed E-state index contributed by atoms with van der Waals surface area (Å²) < 4.78 is 7.65. The van der Waals surface area contributed by atoms with E-state index in [-0.39, 0.29) is 23.8 Å². The maximum atomic E-state index is 13.1. The lowest BCUT2D eigenvalue weighted by molar-refractivity contribution is -0.135. The topological polar surface area (TPSA) is 76.5 Å². The van der Waals surface area contributed by atoms with E-state index in [0.717, 1.165) is 56.5 Å². The lowest BCUT2D eigenvalue weighted by Gasteiger charge is -2.43. The molecule has 1 aromatic heterocycles. The fourth-order valence-electron chi connectivity index (χ4n) is 5.02. The predicted molar refractivity (Wildman–Crippen MR) is 123 cm³/mol. The number of benzene rings is 1. The number of nitrogens with one attached hydrogen (secondary N) is 1. The van der Waals surface area contributed by atoms with Crippen LogP contribution in [0, 0.1) is 19.3 Å². The Kier molecular flexibility index (Phi) is 6.82. The zero-order valence-electron chi connectivity index (χ0n) is 19.2. The van der Waals surface area contributed by atoms with Crippen LogP contribution in [-0.2, 0) is 11.3 Å². The number of amides is 2. The molecule has 2 aliphatic heterocycles. The molecule has 0 aliphatic carbocycles. The lowest BCUT2D eigenvalue weighted by Crippen LogP contribution is -2.51. The van der Waals surface area contributed by atoms with Gasteiger partial charge >= 0.3 is 0 Å². The van der Waals surface area contributed by atoms with Gasteiger partial charge in [-0.05, 0) is 57.7 Å². The minimum Gasteiger partial charge on any atom is -0.493 e. The second kappa shape index (κ2) is 9.76. The van der Waals surface area contributed by atoms with Gasteiger partial charge in [0.15, 0.2) is 0 Å². The van der Waals surface area contributed by atoms with Crippen molar-refractivity contribution in [2.45, 2.75) is 58.9 Å². The molecule has 1 unspecified atom stereocenters. The zero-order valence-corrected chi connectivity index (χ0v) is 19.2. The van der Waals surface area contributed by atoms with Crippen LogP contribution in [0.4, 0.5) is 0 Å². The van der Waals surface area contributed by atoms with Crippen LogP contribution in [0.25, 0.3) is 0 Å². The highest BCUT2D eigenvalue weighted by Crippen LogP contribution is 2.35. The van der Waals surface area contributed by atoms with Gasteiger partial charge in [0.05, 0.1) is 17.9 Å². The number of fused-ring (bicyclic) bond motifs is 1. The van der Waals surface area contributed by atoms with Gasteiger partial charge in [0.25, 0.3) is 5.91 Å². The molecule has 1 N–H and O–H groups in total. The smallest absolute Gasteiger partial charge is 0.255 e. The highest BCUT2D eigenvalue weighted by molar-refractivity contribution is 5.96. The number of carbonyl (C=O) groups is 2. The van der Waals surface area contributed by atoms with Gasteiger partial charge in [0.2, 0.25) is 5.91 Å². The van der Waals surface area contributed by atoms with Gasteiger partial charge in [-0.1, -0.05) is 25.0 Å². The summed E-state index contributed by atoms with van der Waals surface area (Å²) in [5.41, 5.74) is 2.42. The van der Waals surface area contributed by atoms with Crippen LogP contribution in [0.15, 0.2) is 30.3 Å². The summed E-state index contributed by atoms with van der Waals surface area (Å²) in [5.74, 6) is 0.642. The second-order valence-corrected chi connectivity index (χ2v) is 9.34. The van der Waals surface area contributed by atoms with Crippen molar-refractivity contribution in [1.29, 1.82) is 0 Å². The van der Waals surface area contributed by atoms with Gasteiger partial charge in [-0.3, -0.25) is 14.3 Å². The van der Waals surface area contributed by atoms with Crippen LogP contribution < -0.4 is 10.1 Å². The van der Waals surface area contributed by atoms with Crippen molar-refractivity contribution in [1.82, 2.24) is 20.0 Å². The molecule has 2 aromatic rings. The molecule has 7 nitrogen and oxygen atoms in total. The molecule has 7 heteroatoms. The van der Waals surface area contributed by atoms with Gasteiger partial charge < -0.3 is 15.0 Å². The Labute approximate surface area is 190 Å². The molecule has 0 bridgehead atoms. The standard InChI is InChI=1S/C25H34N4O3/c1-19-15-20(2)29(27-19)16-23(30)28-13-8-12-25(18-28)11-6-3-7-14-32-22-10-5-4-9-21(22)24(31)26-17-25/h4-5,9-10,15H,3,6-8,11-14,16-18H2,1-2H3,(H,26,31). The average molecular weight is 439 g/mol. The normalized spacial score (nSPS) is 22.3. The molecule has 4 rings (SSSR count). The largest absolute Gasteiger partial charge is 0.493 e. The Bertz CT molecular complexity index is 970. The Morgan fingerprint density at radius 3 is 2.78 bits per heavy atom. The van der Waals surface area contributed by atoms with Crippen LogP contribution in [0.1, 0.15) is 60.3 Å². The first-order chi connectivity index (χ1) is 15.5. The first-order valence-corrected chi connectivity index (χ1v) is 11.7. The third kappa shape index (κ3) is 5.14. The lowest BCUT2D eigenvalue weighted by atomic mass is 9.75. The van der Waals surface area contributed by atoms with Crippen LogP contribution in [-0.4, -0.2) is 52.7 Å². The number of nitrogens with zero attached hydrogens (tertiary/aromatic N) is 3. The Balaban J connectivity index is 1.48. The summed E-state index contributed by atoms with van der Waals surface area (Å²) in [4.78, 5) is 28.1. The maximum Gasteiger partial charge on any atom is 0.255 e. The number of aromatic nitrogens is 2. The van der Waals surface area contributed by atoms with E-state index in [0.29, 0.717) is 31.0 Å². The number of para-hydroxylation sites is 1. The highest BCUT2D eigenvalue weighted by atomic mass is 16.5. The number of hydrogen-bond acceptors (Lipinski definition) is 4. The van der Waals surface area contributed by atoms with E-state index in [1.807, 2.05) is 49.1 Å². The first kappa shape index (κ1) is 22.4. The predicted octanol–water partition coefficient (Wildman–Crippen LogP) is 3.49. The molecule has 1 saturated heterocycles. The molecule has 0 saturated carbocycles. The van der Waals surface area contributed by atoms with Crippen molar-refractivity contribution in [3.05, 3.63) is 47.3 Å². The van der Waals surface area contributed by atoms with Gasteiger partial charge in [-0.25, -0.2) is 0 Å². The summed E-state index contributed by atoms with van der Waals surface area (Å²) in [6, 6.07) is 9.43. The first-order valence-electron chi connectivity index (χ1n) is 11.7. The molecule has 1 aromatic carbocycles. The SMILES string of the molecule is Cc1cc(C)n(CC(=O)N2CCCC3(CCCCCOc4ccccc4C(=O)NC3)C2)n1. The van der Waals surface area contributed by atoms with Crippen molar-refractivity contribution in [3.8, 4) is 5.75 Å². The molecular formula is C25H34N4O3. The molecule has 1 spiro atoms. The van der Waals surface area contributed by atoms with Crippen molar-refractivity contribution in [2.24, 2.45) is 5.41 Å². The van der Waals surface area contributed by atoms with Crippen LogP contribution in [0.5, 0.6) is 5.75 Å². The molecule has 3 heterocycles. The zero-order chi connectivity index (χ0) is 22.6. The van der Waals surface area contributed by atoms with E-state index < -0.39 is 0 Å². The molecule has 2 amide bonds. The third-order valence-electron chi connectivity index (χ3n) is 6.77.